The number of carbonyl (C=O) groups is 1. The number of nitrogens with zero attached hydrogens (tertiary/aromatic N) is 3. The number of anilines is 1. The van der Waals surface area contributed by atoms with E-state index in [1.54, 1.807) is 7.05 Å². The maximum absolute atomic E-state index is 13.7. The van der Waals surface area contributed by atoms with Crippen molar-refractivity contribution in [3.63, 3.8) is 0 Å². The largest absolute Gasteiger partial charge is 0.324 e. The monoisotopic (exact) mass is 298 g/mol. The lowest BCUT2D eigenvalue weighted by Gasteiger charge is -2.07. The molecule has 1 heterocycles. The molecule has 0 spiro atoms. The molecule has 0 saturated heterocycles. The predicted octanol–water partition coefficient (Wildman–Crippen LogP) is 2.60. The number of aromatic nitrogens is 3. The number of amides is 1. The quantitative estimate of drug-likeness (QED) is 0.808. The zero-order valence-electron chi connectivity index (χ0n) is 12.3. The van der Waals surface area contributed by atoms with E-state index in [1.165, 1.54) is 16.9 Å². The van der Waals surface area contributed by atoms with Gasteiger partial charge in [-0.3, -0.25) is 4.79 Å². The molecule has 22 heavy (non-hydrogen) atoms. The summed E-state index contributed by atoms with van der Waals surface area (Å²) in [6.45, 7) is 1.96. The molecule has 3 rings (SSSR count). The summed E-state index contributed by atoms with van der Waals surface area (Å²) in [5.41, 5.74) is 2.97. The van der Waals surface area contributed by atoms with Crippen molar-refractivity contribution in [2.24, 2.45) is 7.05 Å². The van der Waals surface area contributed by atoms with Gasteiger partial charge in [0.05, 0.1) is 12.1 Å². The lowest BCUT2D eigenvalue weighted by Crippen LogP contribution is -2.15. The molecule has 0 aliphatic rings. The van der Waals surface area contributed by atoms with E-state index in [0.717, 1.165) is 11.1 Å². The van der Waals surface area contributed by atoms with Crippen LogP contribution in [0.25, 0.3) is 11.0 Å². The molecular formula is C16H15FN4O. The zero-order valence-corrected chi connectivity index (χ0v) is 12.3. The number of halogens is 1. The number of carbonyl (C=O) groups excluding carboxylic acids is 1. The molecular weight excluding hydrogens is 283 g/mol. The Morgan fingerprint density at radius 2 is 1.91 bits per heavy atom. The van der Waals surface area contributed by atoms with Crippen LogP contribution in [0.2, 0.25) is 0 Å². The third-order valence-corrected chi connectivity index (χ3v) is 3.48. The molecule has 1 N–H and O–H groups in total. The minimum Gasteiger partial charge on any atom is -0.324 e. The van der Waals surface area contributed by atoms with Crippen molar-refractivity contribution in [3.05, 3.63) is 53.3 Å². The van der Waals surface area contributed by atoms with Crippen LogP contribution >= 0.6 is 0 Å². The highest BCUT2D eigenvalue weighted by molar-refractivity contribution is 6.00. The van der Waals surface area contributed by atoms with Gasteiger partial charge in [-0.2, -0.15) is 15.0 Å². The molecule has 1 aromatic heterocycles. The molecule has 0 saturated carbocycles. The molecule has 5 nitrogen and oxygen atoms in total. The second kappa shape index (κ2) is 5.55. The van der Waals surface area contributed by atoms with Gasteiger partial charge in [0.15, 0.2) is 11.3 Å². The lowest BCUT2D eigenvalue weighted by molar-refractivity contribution is -0.115. The Morgan fingerprint density at radius 3 is 2.68 bits per heavy atom. The van der Waals surface area contributed by atoms with Crippen LogP contribution in [0, 0.1) is 12.7 Å². The first-order chi connectivity index (χ1) is 10.5. The fourth-order valence-electron chi connectivity index (χ4n) is 2.34. The first kappa shape index (κ1) is 14.2. The number of fused-ring (bicyclic) bond motifs is 1. The summed E-state index contributed by atoms with van der Waals surface area (Å²) < 4.78 is 13.7. The van der Waals surface area contributed by atoms with E-state index in [2.05, 4.69) is 15.5 Å². The van der Waals surface area contributed by atoms with Crippen LogP contribution in [-0.4, -0.2) is 20.9 Å². The van der Waals surface area contributed by atoms with E-state index >= 15 is 0 Å². The minimum atomic E-state index is -0.458. The Balaban J connectivity index is 1.86. The van der Waals surface area contributed by atoms with Gasteiger partial charge in [0.25, 0.3) is 0 Å². The summed E-state index contributed by atoms with van der Waals surface area (Å²) >= 11 is 0. The molecule has 3 aromatic rings. The van der Waals surface area contributed by atoms with Gasteiger partial charge in [0, 0.05) is 7.05 Å². The molecule has 0 atom stereocenters. The fourth-order valence-corrected chi connectivity index (χ4v) is 2.34. The topological polar surface area (TPSA) is 59.8 Å². The van der Waals surface area contributed by atoms with E-state index in [4.69, 9.17) is 0 Å². The van der Waals surface area contributed by atoms with Crippen LogP contribution in [0.3, 0.4) is 0 Å². The van der Waals surface area contributed by atoms with Crippen molar-refractivity contribution in [3.8, 4) is 0 Å². The Bertz CT molecular complexity index is 856. The van der Waals surface area contributed by atoms with Gasteiger partial charge in [0.1, 0.15) is 5.52 Å². The number of nitrogens with one attached hydrogen (secondary N) is 1. The number of benzene rings is 2. The van der Waals surface area contributed by atoms with E-state index in [1.807, 2.05) is 31.2 Å². The summed E-state index contributed by atoms with van der Waals surface area (Å²) in [6.07, 6.45) is 0.256. The van der Waals surface area contributed by atoms with Crippen molar-refractivity contribution in [2.75, 3.05) is 5.32 Å². The highest BCUT2D eigenvalue weighted by atomic mass is 19.1. The van der Waals surface area contributed by atoms with Crippen LogP contribution in [0.5, 0.6) is 0 Å². The van der Waals surface area contributed by atoms with Gasteiger partial charge in [-0.15, -0.1) is 0 Å². The molecule has 0 aliphatic heterocycles. The Morgan fingerprint density at radius 1 is 1.18 bits per heavy atom. The highest BCUT2D eigenvalue weighted by Crippen LogP contribution is 2.22. The maximum atomic E-state index is 13.7. The summed E-state index contributed by atoms with van der Waals surface area (Å²) in [5.74, 6) is -0.632. The van der Waals surface area contributed by atoms with Crippen LogP contribution in [0.1, 0.15) is 11.1 Å². The average molecular weight is 298 g/mol. The van der Waals surface area contributed by atoms with Gasteiger partial charge in [-0.05, 0) is 30.2 Å². The van der Waals surface area contributed by atoms with Crippen LogP contribution in [-0.2, 0) is 18.3 Å². The second-order valence-corrected chi connectivity index (χ2v) is 5.13. The second-order valence-electron chi connectivity index (χ2n) is 5.13. The molecule has 0 unspecified atom stereocenters. The molecule has 112 valence electrons. The van der Waals surface area contributed by atoms with Gasteiger partial charge in [-0.1, -0.05) is 24.3 Å². The van der Waals surface area contributed by atoms with Gasteiger partial charge < -0.3 is 5.32 Å². The standard InChI is InChI=1S/C16H15FN4O/c1-10-5-3-4-6-11(10)9-14(22)18-13-8-7-12(17)15-16(13)20-21(2)19-15/h3-8H,9H2,1-2H3,(H,18,22). The summed E-state index contributed by atoms with van der Waals surface area (Å²) in [4.78, 5) is 13.5. The fraction of sp³-hybridized carbons (Fsp3) is 0.188. The van der Waals surface area contributed by atoms with Crippen molar-refractivity contribution >= 4 is 22.6 Å². The summed E-state index contributed by atoms with van der Waals surface area (Å²) in [7, 11) is 1.61. The van der Waals surface area contributed by atoms with Crippen molar-refractivity contribution in [1.29, 1.82) is 0 Å². The Kier molecular flexibility index (Phi) is 3.58. The summed E-state index contributed by atoms with van der Waals surface area (Å²) in [6, 6.07) is 10.5. The number of hydrogen-bond donors (Lipinski definition) is 1. The first-order valence-corrected chi connectivity index (χ1v) is 6.88. The maximum Gasteiger partial charge on any atom is 0.228 e. The van der Waals surface area contributed by atoms with Crippen molar-refractivity contribution in [1.82, 2.24) is 15.0 Å². The van der Waals surface area contributed by atoms with Crippen LogP contribution in [0.4, 0.5) is 10.1 Å². The number of aryl methyl sites for hydroxylation is 2. The molecule has 6 heteroatoms. The highest BCUT2D eigenvalue weighted by Gasteiger charge is 2.14. The lowest BCUT2D eigenvalue weighted by atomic mass is 10.1. The number of rotatable bonds is 3. The van der Waals surface area contributed by atoms with Crippen LogP contribution < -0.4 is 5.32 Å². The first-order valence-electron chi connectivity index (χ1n) is 6.88. The number of hydrogen-bond acceptors (Lipinski definition) is 3. The molecule has 2 aromatic carbocycles. The van der Waals surface area contributed by atoms with Gasteiger partial charge >= 0.3 is 0 Å². The van der Waals surface area contributed by atoms with E-state index in [-0.39, 0.29) is 17.8 Å². The normalized spacial score (nSPS) is 10.9. The Labute approximate surface area is 126 Å². The molecule has 0 fully saturated rings. The van der Waals surface area contributed by atoms with Gasteiger partial charge in [0.2, 0.25) is 5.91 Å². The SMILES string of the molecule is Cc1ccccc1CC(=O)Nc1ccc(F)c2nn(C)nc12. The van der Waals surface area contributed by atoms with Crippen molar-refractivity contribution < 1.29 is 9.18 Å². The third kappa shape index (κ3) is 2.67. The van der Waals surface area contributed by atoms with E-state index < -0.39 is 5.82 Å². The van der Waals surface area contributed by atoms with E-state index in [0.29, 0.717) is 11.2 Å². The van der Waals surface area contributed by atoms with E-state index in [9.17, 15) is 9.18 Å². The summed E-state index contributed by atoms with van der Waals surface area (Å²) in [5, 5.41) is 10.8. The third-order valence-electron chi connectivity index (χ3n) is 3.48. The molecule has 1 amide bonds. The molecule has 0 aliphatic carbocycles. The Hall–Kier alpha value is -2.76. The van der Waals surface area contributed by atoms with Crippen LogP contribution in [0.15, 0.2) is 36.4 Å². The smallest absolute Gasteiger partial charge is 0.228 e. The van der Waals surface area contributed by atoms with Gasteiger partial charge in [-0.25, -0.2) is 4.39 Å². The average Bonchev–Trinajstić information content (AvgIpc) is 2.87. The zero-order chi connectivity index (χ0) is 15.7. The molecule has 0 radical (unpaired) electrons. The minimum absolute atomic E-state index is 0.149. The predicted molar refractivity (Wildman–Crippen MR) is 82.0 cm³/mol. The van der Waals surface area contributed by atoms with Crippen molar-refractivity contribution in [2.45, 2.75) is 13.3 Å². The molecule has 0 bridgehead atoms.